The molecule has 1 aliphatic rings. The second-order valence-corrected chi connectivity index (χ2v) is 9.56. The highest BCUT2D eigenvalue weighted by Gasteiger charge is 2.34. The third kappa shape index (κ3) is 7.14. The van der Waals surface area contributed by atoms with E-state index < -0.39 is 41.4 Å². The quantitative estimate of drug-likeness (QED) is 0.510. The van der Waals surface area contributed by atoms with Crippen molar-refractivity contribution in [3.05, 3.63) is 52.9 Å². The van der Waals surface area contributed by atoms with E-state index in [0.717, 1.165) is 30.2 Å². The van der Waals surface area contributed by atoms with E-state index in [1.54, 1.807) is 11.8 Å². The molecule has 2 heterocycles. The first-order valence-electron chi connectivity index (χ1n) is 12.5. The normalized spacial score (nSPS) is 16.9. The Bertz CT molecular complexity index is 1190. The summed E-state index contributed by atoms with van der Waals surface area (Å²) in [6.07, 6.45) is 2.41. The molecule has 12 heteroatoms. The molecule has 1 aromatic heterocycles. The monoisotopic (exact) mass is 533 g/mol. The van der Waals surface area contributed by atoms with Gasteiger partial charge in [-0.25, -0.2) is 8.78 Å². The molecule has 3 rings (SSSR count). The van der Waals surface area contributed by atoms with Crippen LogP contribution in [0.4, 0.5) is 8.78 Å². The van der Waals surface area contributed by atoms with Crippen molar-refractivity contribution in [1.82, 2.24) is 25.6 Å². The van der Waals surface area contributed by atoms with E-state index >= 15 is 0 Å². The molecule has 0 saturated carbocycles. The molecule has 38 heavy (non-hydrogen) atoms. The number of rotatable bonds is 9. The summed E-state index contributed by atoms with van der Waals surface area (Å²) in [5.74, 6) is -3.39. The van der Waals surface area contributed by atoms with Gasteiger partial charge in [-0.1, -0.05) is 11.2 Å². The van der Waals surface area contributed by atoms with Gasteiger partial charge in [-0.3, -0.25) is 19.2 Å². The Balaban J connectivity index is 1.71. The molecule has 0 aliphatic carbocycles. The van der Waals surface area contributed by atoms with Gasteiger partial charge in [0.15, 0.2) is 5.69 Å². The fourth-order valence-electron chi connectivity index (χ4n) is 4.27. The van der Waals surface area contributed by atoms with Crippen LogP contribution in [0.15, 0.2) is 28.8 Å². The van der Waals surface area contributed by atoms with E-state index in [2.05, 4.69) is 15.8 Å². The number of likely N-dealkylation sites (N-methyl/N-ethyl adjacent to an activating group) is 1. The molecule has 2 N–H and O–H groups in total. The summed E-state index contributed by atoms with van der Waals surface area (Å²) in [6.45, 7) is 5.36. The molecule has 1 saturated heterocycles. The van der Waals surface area contributed by atoms with E-state index in [0.29, 0.717) is 18.4 Å². The molecule has 1 aromatic carbocycles. The number of carbonyl (C=O) groups excluding carboxylic acids is 4. The maximum absolute atomic E-state index is 13.9. The van der Waals surface area contributed by atoms with E-state index in [1.807, 2.05) is 6.92 Å². The summed E-state index contributed by atoms with van der Waals surface area (Å²) < 4.78 is 32.0. The number of aryl methyl sites for hydroxylation is 1. The van der Waals surface area contributed by atoms with Crippen LogP contribution in [0, 0.1) is 18.6 Å². The van der Waals surface area contributed by atoms with Gasteiger partial charge in [0.25, 0.3) is 5.91 Å². The number of piperidine rings is 1. The molecular weight excluding hydrogens is 500 g/mol. The number of nitrogens with zero attached hydrogens (tertiary/aromatic N) is 3. The molecular formula is C26H33F2N5O5. The topological polar surface area (TPSA) is 125 Å². The van der Waals surface area contributed by atoms with Crippen LogP contribution in [0.2, 0.25) is 0 Å². The van der Waals surface area contributed by atoms with E-state index in [9.17, 15) is 28.0 Å². The van der Waals surface area contributed by atoms with E-state index in [-0.39, 0.29) is 36.2 Å². The molecule has 3 unspecified atom stereocenters. The van der Waals surface area contributed by atoms with Gasteiger partial charge in [0.2, 0.25) is 17.7 Å². The van der Waals surface area contributed by atoms with Gasteiger partial charge in [-0.15, -0.1) is 0 Å². The summed E-state index contributed by atoms with van der Waals surface area (Å²) in [5, 5.41) is 8.74. The lowest BCUT2D eigenvalue weighted by atomic mass is 10.0. The number of hydrogen-bond donors (Lipinski definition) is 2. The van der Waals surface area contributed by atoms with Crippen LogP contribution >= 0.6 is 0 Å². The van der Waals surface area contributed by atoms with Crippen LogP contribution in [0.5, 0.6) is 0 Å². The lowest BCUT2D eigenvalue weighted by molar-refractivity contribution is -0.143. The lowest BCUT2D eigenvalue weighted by Crippen LogP contribution is -2.55. The lowest BCUT2D eigenvalue weighted by Gasteiger charge is -2.35. The summed E-state index contributed by atoms with van der Waals surface area (Å²) in [6, 6.07) is 2.13. The number of likely N-dealkylation sites (tertiary alicyclic amines) is 1. The Morgan fingerprint density at radius 3 is 2.58 bits per heavy atom. The number of carbonyl (C=O) groups is 4. The van der Waals surface area contributed by atoms with Gasteiger partial charge in [0.1, 0.15) is 29.5 Å². The molecule has 1 fully saturated rings. The fourth-order valence-corrected chi connectivity index (χ4v) is 4.27. The number of aromatic nitrogens is 1. The number of halogens is 2. The second-order valence-electron chi connectivity index (χ2n) is 9.56. The number of hydrogen-bond acceptors (Lipinski definition) is 6. The van der Waals surface area contributed by atoms with Crippen molar-refractivity contribution < 1.29 is 32.5 Å². The third-order valence-corrected chi connectivity index (χ3v) is 6.74. The first kappa shape index (κ1) is 28.7. The van der Waals surface area contributed by atoms with Crippen LogP contribution < -0.4 is 10.6 Å². The fraction of sp³-hybridized carbons (Fsp3) is 0.500. The highest BCUT2D eigenvalue weighted by Crippen LogP contribution is 2.19. The van der Waals surface area contributed by atoms with Crippen molar-refractivity contribution in [3.63, 3.8) is 0 Å². The summed E-state index contributed by atoms with van der Waals surface area (Å²) in [5.41, 5.74) is 0.0316. The van der Waals surface area contributed by atoms with Crippen LogP contribution in [0.3, 0.4) is 0 Å². The summed E-state index contributed by atoms with van der Waals surface area (Å²) in [7, 11) is 1.37. The van der Waals surface area contributed by atoms with E-state index in [1.165, 1.54) is 26.1 Å². The molecule has 10 nitrogen and oxygen atoms in total. The van der Waals surface area contributed by atoms with Crippen LogP contribution in [0.1, 0.15) is 61.3 Å². The third-order valence-electron chi connectivity index (χ3n) is 6.74. The van der Waals surface area contributed by atoms with Gasteiger partial charge in [0.05, 0.1) is 6.42 Å². The van der Waals surface area contributed by atoms with Gasteiger partial charge in [-0.05, 0) is 46.1 Å². The predicted octanol–water partition coefficient (Wildman–Crippen LogP) is 2.31. The first-order chi connectivity index (χ1) is 18.0. The largest absolute Gasteiger partial charge is 0.361 e. The first-order valence-corrected chi connectivity index (χ1v) is 12.5. The Labute approximate surface area is 219 Å². The number of nitrogens with one attached hydrogen (secondary N) is 2. The maximum Gasteiger partial charge on any atom is 0.274 e. The highest BCUT2D eigenvalue weighted by molar-refractivity contribution is 5.98. The Morgan fingerprint density at radius 1 is 1.21 bits per heavy atom. The van der Waals surface area contributed by atoms with Gasteiger partial charge in [0, 0.05) is 43.9 Å². The molecule has 4 amide bonds. The van der Waals surface area contributed by atoms with Gasteiger partial charge < -0.3 is 25.0 Å². The zero-order valence-corrected chi connectivity index (χ0v) is 21.9. The Morgan fingerprint density at radius 2 is 1.95 bits per heavy atom. The SMILES string of the molecule is Cc1cc(C(=O)NC(CC(=O)N2CCCCC2C)C(=O)N(C)C(C)C(=O)NCc2ccc(F)cc2F)no1. The minimum atomic E-state index is -1.27. The van der Waals surface area contributed by atoms with Crippen molar-refractivity contribution in [2.24, 2.45) is 0 Å². The van der Waals surface area contributed by atoms with E-state index in [4.69, 9.17) is 4.52 Å². The average molecular weight is 534 g/mol. The van der Waals surface area contributed by atoms with Crippen LogP contribution in [0.25, 0.3) is 0 Å². The maximum atomic E-state index is 13.9. The van der Waals surface area contributed by atoms with Crippen LogP contribution in [-0.2, 0) is 20.9 Å². The average Bonchev–Trinajstić information content (AvgIpc) is 3.32. The summed E-state index contributed by atoms with van der Waals surface area (Å²) >= 11 is 0. The van der Waals surface area contributed by atoms with Crippen LogP contribution in [-0.4, -0.2) is 70.3 Å². The summed E-state index contributed by atoms with van der Waals surface area (Å²) in [4.78, 5) is 54.9. The number of amides is 4. The van der Waals surface area contributed by atoms with Crippen molar-refractivity contribution in [2.75, 3.05) is 13.6 Å². The molecule has 1 aliphatic heterocycles. The Hall–Kier alpha value is -3.83. The van der Waals surface area contributed by atoms with Crippen molar-refractivity contribution in [2.45, 2.75) is 71.1 Å². The second kappa shape index (κ2) is 12.6. The zero-order valence-electron chi connectivity index (χ0n) is 21.9. The molecule has 0 radical (unpaired) electrons. The van der Waals surface area contributed by atoms with Crippen molar-refractivity contribution in [3.8, 4) is 0 Å². The number of benzene rings is 1. The molecule has 3 atom stereocenters. The minimum Gasteiger partial charge on any atom is -0.361 e. The minimum absolute atomic E-state index is 0.00943. The molecule has 0 bridgehead atoms. The molecule has 2 aromatic rings. The molecule has 0 spiro atoms. The smallest absolute Gasteiger partial charge is 0.274 e. The van der Waals surface area contributed by atoms with Crippen molar-refractivity contribution >= 4 is 23.6 Å². The zero-order chi connectivity index (χ0) is 28.0. The predicted molar refractivity (Wildman–Crippen MR) is 133 cm³/mol. The highest BCUT2D eigenvalue weighted by atomic mass is 19.1. The van der Waals surface area contributed by atoms with Gasteiger partial charge >= 0.3 is 0 Å². The molecule has 206 valence electrons. The van der Waals surface area contributed by atoms with Crippen molar-refractivity contribution in [1.29, 1.82) is 0 Å². The standard InChI is InChI=1S/C26H33F2N5O5/c1-15-7-5-6-10-33(15)23(34)13-22(30-25(36)21-11-16(2)38-31-21)26(37)32(4)17(3)24(35)29-14-18-8-9-19(27)12-20(18)28/h8-9,11-12,15,17,22H,5-7,10,13-14H2,1-4H3,(H,29,35)(H,30,36). The Kier molecular flexibility index (Phi) is 9.54. The van der Waals surface area contributed by atoms with Gasteiger partial charge in [-0.2, -0.15) is 0 Å².